The number of carbonyl (C=O) groups excluding carboxylic acids is 1. The molecule has 0 heterocycles. The minimum atomic E-state index is -0.855. The van der Waals surface area contributed by atoms with Crippen LogP contribution in [0.4, 0.5) is 4.39 Å². The highest BCUT2D eigenvalue weighted by atomic mass is 19.1. The molecule has 0 spiro atoms. The van der Waals surface area contributed by atoms with Crippen LogP contribution in [-0.4, -0.2) is 5.91 Å². The SMILES string of the molecule is C=C/C(=C(\C(=C)F)C(N)=O)c1ccccc1. The van der Waals surface area contributed by atoms with E-state index in [-0.39, 0.29) is 5.57 Å². The van der Waals surface area contributed by atoms with Crippen LogP contribution in [0.25, 0.3) is 5.57 Å². The van der Waals surface area contributed by atoms with Gasteiger partial charge in [0.15, 0.2) is 0 Å². The molecule has 16 heavy (non-hydrogen) atoms. The molecular formula is C13H12FNO. The zero-order chi connectivity index (χ0) is 12.1. The quantitative estimate of drug-likeness (QED) is 0.611. The van der Waals surface area contributed by atoms with E-state index < -0.39 is 11.7 Å². The molecule has 1 aromatic carbocycles. The Bertz CT molecular complexity index is 444. The third-order valence-corrected chi connectivity index (χ3v) is 2.08. The van der Waals surface area contributed by atoms with Crippen LogP contribution in [0.2, 0.25) is 0 Å². The van der Waals surface area contributed by atoms with Gasteiger partial charge in [-0.3, -0.25) is 4.79 Å². The van der Waals surface area contributed by atoms with Gasteiger partial charge in [-0.05, 0) is 11.1 Å². The molecule has 0 aromatic heterocycles. The second-order valence-corrected chi connectivity index (χ2v) is 3.13. The highest BCUT2D eigenvalue weighted by molar-refractivity contribution is 6.05. The monoisotopic (exact) mass is 217 g/mol. The molecule has 0 unspecified atom stereocenters. The lowest BCUT2D eigenvalue weighted by Gasteiger charge is -2.07. The first-order valence-electron chi connectivity index (χ1n) is 4.64. The molecule has 2 N–H and O–H groups in total. The number of benzene rings is 1. The highest BCUT2D eigenvalue weighted by Gasteiger charge is 2.15. The Morgan fingerprint density at radius 1 is 1.31 bits per heavy atom. The summed E-state index contributed by atoms with van der Waals surface area (Å²) < 4.78 is 13.1. The largest absolute Gasteiger partial charge is 0.365 e. The van der Waals surface area contributed by atoms with Crippen LogP contribution in [0.3, 0.4) is 0 Å². The molecule has 3 heteroatoms. The standard InChI is InChI=1S/C13H12FNO/c1-3-11(10-7-5-4-6-8-10)12(9(2)14)13(15)16/h3-8H,1-2H2,(H2,15,16)/b12-11-. The van der Waals surface area contributed by atoms with Crippen molar-refractivity contribution in [3.63, 3.8) is 0 Å². The number of allylic oxidation sites excluding steroid dienone is 2. The van der Waals surface area contributed by atoms with Crippen molar-refractivity contribution in [3.8, 4) is 0 Å². The van der Waals surface area contributed by atoms with Crippen molar-refractivity contribution in [2.24, 2.45) is 5.73 Å². The Balaban J connectivity index is 3.44. The van der Waals surface area contributed by atoms with Gasteiger partial charge < -0.3 is 5.73 Å². The topological polar surface area (TPSA) is 43.1 Å². The van der Waals surface area contributed by atoms with Crippen molar-refractivity contribution in [1.29, 1.82) is 0 Å². The number of hydrogen-bond acceptors (Lipinski definition) is 1. The van der Waals surface area contributed by atoms with Crippen LogP contribution in [0.15, 0.2) is 61.0 Å². The molecule has 0 aliphatic heterocycles. The van der Waals surface area contributed by atoms with Crippen LogP contribution in [0, 0.1) is 0 Å². The van der Waals surface area contributed by atoms with E-state index in [0.29, 0.717) is 11.1 Å². The number of nitrogens with two attached hydrogens (primary N) is 1. The molecule has 0 fully saturated rings. The van der Waals surface area contributed by atoms with Crippen LogP contribution in [0.5, 0.6) is 0 Å². The first kappa shape index (κ1) is 11.9. The molecule has 0 saturated carbocycles. The van der Waals surface area contributed by atoms with Gasteiger partial charge in [-0.2, -0.15) is 0 Å². The summed E-state index contributed by atoms with van der Waals surface area (Å²) in [5, 5.41) is 0. The van der Waals surface area contributed by atoms with E-state index >= 15 is 0 Å². The molecule has 0 bridgehead atoms. The molecule has 0 aliphatic rings. The summed E-state index contributed by atoms with van der Waals surface area (Å²) in [5.41, 5.74) is 5.89. The summed E-state index contributed by atoms with van der Waals surface area (Å²) in [4.78, 5) is 11.1. The van der Waals surface area contributed by atoms with Crippen LogP contribution < -0.4 is 5.73 Å². The minimum Gasteiger partial charge on any atom is -0.365 e. The highest BCUT2D eigenvalue weighted by Crippen LogP contribution is 2.24. The number of hydrogen-bond donors (Lipinski definition) is 1. The maximum absolute atomic E-state index is 13.1. The van der Waals surface area contributed by atoms with Crippen molar-refractivity contribution >= 4 is 11.5 Å². The van der Waals surface area contributed by atoms with Crippen molar-refractivity contribution < 1.29 is 9.18 Å². The zero-order valence-electron chi connectivity index (χ0n) is 8.74. The van der Waals surface area contributed by atoms with Crippen molar-refractivity contribution in [3.05, 3.63) is 66.5 Å². The summed E-state index contributed by atoms with van der Waals surface area (Å²) in [6.07, 6.45) is 1.39. The van der Waals surface area contributed by atoms with E-state index in [9.17, 15) is 9.18 Å². The molecule has 0 saturated heterocycles. The molecule has 0 radical (unpaired) electrons. The maximum atomic E-state index is 13.1. The molecule has 82 valence electrons. The fraction of sp³-hybridized carbons (Fsp3) is 0. The third-order valence-electron chi connectivity index (χ3n) is 2.08. The predicted molar refractivity (Wildman–Crippen MR) is 63.0 cm³/mol. The second kappa shape index (κ2) is 5.07. The van der Waals surface area contributed by atoms with Crippen molar-refractivity contribution in [1.82, 2.24) is 0 Å². The zero-order valence-corrected chi connectivity index (χ0v) is 8.74. The van der Waals surface area contributed by atoms with Gasteiger partial charge in [0.1, 0.15) is 5.83 Å². The first-order chi connectivity index (χ1) is 7.57. The molecule has 2 nitrogen and oxygen atoms in total. The average Bonchev–Trinajstić information content (AvgIpc) is 2.25. The van der Waals surface area contributed by atoms with Crippen molar-refractivity contribution in [2.75, 3.05) is 0 Å². The lowest BCUT2D eigenvalue weighted by molar-refractivity contribution is -0.114. The van der Waals surface area contributed by atoms with E-state index in [1.165, 1.54) is 6.08 Å². The van der Waals surface area contributed by atoms with E-state index in [0.717, 1.165) is 0 Å². The van der Waals surface area contributed by atoms with Gasteiger partial charge in [-0.25, -0.2) is 4.39 Å². The summed E-state index contributed by atoms with van der Waals surface area (Å²) in [7, 11) is 0. The molecule has 0 aliphatic carbocycles. The van der Waals surface area contributed by atoms with Crippen LogP contribution in [-0.2, 0) is 4.79 Å². The van der Waals surface area contributed by atoms with Gasteiger partial charge in [0.05, 0.1) is 5.57 Å². The number of halogens is 1. The minimum absolute atomic E-state index is 0.235. The molecule has 0 atom stereocenters. The van der Waals surface area contributed by atoms with E-state index in [2.05, 4.69) is 13.2 Å². The summed E-state index contributed by atoms with van der Waals surface area (Å²) in [6, 6.07) is 8.85. The fourth-order valence-corrected chi connectivity index (χ4v) is 1.39. The Kier molecular flexibility index (Phi) is 3.78. The summed E-state index contributed by atoms with van der Waals surface area (Å²) in [5.74, 6) is -1.71. The average molecular weight is 217 g/mol. The van der Waals surface area contributed by atoms with E-state index in [1.54, 1.807) is 24.3 Å². The molecule has 1 aromatic rings. The Morgan fingerprint density at radius 3 is 2.25 bits per heavy atom. The number of primary amides is 1. The Hall–Kier alpha value is -2.16. The lowest BCUT2D eigenvalue weighted by atomic mass is 9.99. The lowest BCUT2D eigenvalue weighted by Crippen LogP contribution is -2.15. The number of rotatable bonds is 4. The van der Waals surface area contributed by atoms with Gasteiger partial charge in [0, 0.05) is 0 Å². The molecule has 1 amide bonds. The molecule has 1 rings (SSSR count). The Labute approximate surface area is 93.6 Å². The van der Waals surface area contributed by atoms with Crippen LogP contribution >= 0.6 is 0 Å². The van der Waals surface area contributed by atoms with Gasteiger partial charge in [0.2, 0.25) is 0 Å². The normalized spacial score (nSPS) is 11.6. The van der Waals surface area contributed by atoms with E-state index in [1.807, 2.05) is 6.07 Å². The van der Waals surface area contributed by atoms with Crippen LogP contribution in [0.1, 0.15) is 5.56 Å². The Morgan fingerprint density at radius 2 is 1.88 bits per heavy atom. The van der Waals surface area contributed by atoms with E-state index in [4.69, 9.17) is 5.73 Å². The predicted octanol–water partition coefficient (Wildman–Crippen LogP) is 2.59. The third kappa shape index (κ3) is 2.45. The molecular weight excluding hydrogens is 205 g/mol. The van der Waals surface area contributed by atoms with Gasteiger partial charge >= 0.3 is 0 Å². The smallest absolute Gasteiger partial charge is 0.252 e. The second-order valence-electron chi connectivity index (χ2n) is 3.13. The van der Waals surface area contributed by atoms with Gasteiger partial charge in [-0.15, -0.1) is 0 Å². The summed E-state index contributed by atoms with van der Waals surface area (Å²) in [6.45, 7) is 6.65. The maximum Gasteiger partial charge on any atom is 0.252 e. The van der Waals surface area contributed by atoms with Crippen molar-refractivity contribution in [2.45, 2.75) is 0 Å². The van der Waals surface area contributed by atoms with Gasteiger partial charge in [0.25, 0.3) is 5.91 Å². The summed E-state index contributed by atoms with van der Waals surface area (Å²) >= 11 is 0. The fourth-order valence-electron chi connectivity index (χ4n) is 1.39. The van der Waals surface area contributed by atoms with Gasteiger partial charge in [-0.1, -0.05) is 49.6 Å². The number of amides is 1. The first-order valence-corrected chi connectivity index (χ1v) is 4.64. The number of carbonyl (C=O) groups is 1.